The van der Waals surface area contributed by atoms with Crippen molar-refractivity contribution in [1.29, 1.82) is 0 Å². The summed E-state index contributed by atoms with van der Waals surface area (Å²) in [7, 11) is 0. The molecular weight excluding hydrogens is 331 g/mol. The van der Waals surface area contributed by atoms with Crippen molar-refractivity contribution in [3.05, 3.63) is 59.8 Å². The number of hydrogen-bond acceptors (Lipinski definition) is 5. The molecule has 2 amide bonds. The topological polar surface area (TPSA) is 97.6 Å². The summed E-state index contributed by atoms with van der Waals surface area (Å²) in [5, 5.41) is 4.85. The van der Waals surface area contributed by atoms with E-state index in [1.165, 1.54) is 31.4 Å². The van der Waals surface area contributed by atoms with Crippen molar-refractivity contribution in [2.24, 2.45) is 0 Å². The quantitative estimate of drug-likeness (QED) is 0.737. The zero-order chi connectivity index (χ0) is 18.2. The number of nitrogens with one attached hydrogen (secondary N) is 2. The van der Waals surface area contributed by atoms with Gasteiger partial charge in [0.2, 0.25) is 0 Å². The van der Waals surface area contributed by atoms with Crippen LogP contribution in [-0.2, 0) is 20.9 Å². The number of amides is 2. The predicted molar refractivity (Wildman–Crippen MR) is 84.8 cm³/mol. The predicted octanol–water partition coefficient (Wildman–Crippen LogP) is 1.40. The first-order valence-corrected chi connectivity index (χ1v) is 7.49. The van der Waals surface area contributed by atoms with E-state index in [1.54, 1.807) is 12.1 Å². The van der Waals surface area contributed by atoms with E-state index in [4.69, 9.17) is 9.15 Å². The van der Waals surface area contributed by atoms with Gasteiger partial charge < -0.3 is 19.8 Å². The molecule has 0 saturated carbocycles. The zero-order valence-corrected chi connectivity index (χ0v) is 13.5. The largest absolute Gasteiger partial charge is 0.467 e. The lowest BCUT2D eigenvalue weighted by molar-refractivity contribution is -0.153. The molecule has 0 aliphatic carbocycles. The molecule has 1 aromatic carbocycles. The summed E-state index contributed by atoms with van der Waals surface area (Å²) in [6, 6.07) is 8.42. The fourth-order valence-corrected chi connectivity index (χ4v) is 1.91. The molecule has 1 heterocycles. The number of ether oxygens (including phenoxy) is 1. The highest BCUT2D eigenvalue weighted by Crippen LogP contribution is 2.03. The van der Waals surface area contributed by atoms with Crippen molar-refractivity contribution in [1.82, 2.24) is 10.6 Å². The average Bonchev–Trinajstić information content (AvgIpc) is 3.11. The summed E-state index contributed by atoms with van der Waals surface area (Å²) in [6.07, 6.45) is 0.445. The number of furan rings is 1. The van der Waals surface area contributed by atoms with E-state index >= 15 is 0 Å². The number of carbonyl (C=O) groups excluding carboxylic acids is 3. The first kappa shape index (κ1) is 18.2. The Balaban J connectivity index is 1.73. The first-order valence-electron chi connectivity index (χ1n) is 7.49. The van der Waals surface area contributed by atoms with Crippen molar-refractivity contribution < 1.29 is 27.9 Å². The lowest BCUT2D eigenvalue weighted by Gasteiger charge is -2.13. The van der Waals surface area contributed by atoms with Gasteiger partial charge in [-0.1, -0.05) is 6.07 Å². The van der Waals surface area contributed by atoms with E-state index < -0.39 is 36.2 Å². The minimum absolute atomic E-state index is 0.0806. The molecule has 2 aromatic rings. The van der Waals surface area contributed by atoms with Crippen LogP contribution < -0.4 is 10.6 Å². The van der Waals surface area contributed by atoms with Gasteiger partial charge in [-0.3, -0.25) is 14.4 Å². The van der Waals surface area contributed by atoms with Crippen molar-refractivity contribution >= 4 is 17.8 Å². The molecular formula is C17H17FN2O5. The van der Waals surface area contributed by atoms with Crippen LogP contribution in [-0.4, -0.2) is 30.4 Å². The lowest BCUT2D eigenvalue weighted by atomic mass is 10.2. The summed E-state index contributed by atoms with van der Waals surface area (Å²) in [4.78, 5) is 35.3. The minimum Gasteiger partial charge on any atom is -0.467 e. The summed E-state index contributed by atoms with van der Waals surface area (Å²) >= 11 is 0. The summed E-state index contributed by atoms with van der Waals surface area (Å²) in [5.41, 5.74) is 0.0806. The molecule has 25 heavy (non-hydrogen) atoms. The Hall–Kier alpha value is -3.16. The third-order valence-corrected chi connectivity index (χ3v) is 3.17. The molecule has 1 aromatic heterocycles. The average molecular weight is 348 g/mol. The Kier molecular flexibility index (Phi) is 6.27. The van der Waals surface area contributed by atoms with Crippen LogP contribution in [0.3, 0.4) is 0 Å². The Morgan fingerprint density at radius 2 is 2.00 bits per heavy atom. The summed E-state index contributed by atoms with van der Waals surface area (Å²) in [5.74, 6) is -1.90. The van der Waals surface area contributed by atoms with Gasteiger partial charge >= 0.3 is 5.97 Å². The van der Waals surface area contributed by atoms with Gasteiger partial charge in [0.05, 0.1) is 12.8 Å². The number of carbonyl (C=O) groups is 3. The van der Waals surface area contributed by atoms with Gasteiger partial charge in [-0.2, -0.15) is 0 Å². The molecule has 0 unspecified atom stereocenters. The molecule has 0 aliphatic rings. The molecule has 2 rings (SSSR count). The lowest BCUT2D eigenvalue weighted by Crippen LogP contribution is -2.38. The van der Waals surface area contributed by atoms with Crippen LogP contribution in [0.25, 0.3) is 0 Å². The van der Waals surface area contributed by atoms with Gasteiger partial charge in [-0.15, -0.1) is 0 Å². The van der Waals surface area contributed by atoms with E-state index in [1.807, 2.05) is 0 Å². The summed E-state index contributed by atoms with van der Waals surface area (Å²) in [6.45, 7) is 1.14. The smallest absolute Gasteiger partial charge is 0.326 e. The fourth-order valence-electron chi connectivity index (χ4n) is 1.91. The van der Waals surface area contributed by atoms with Crippen molar-refractivity contribution in [2.75, 3.05) is 6.54 Å². The molecule has 7 nitrogen and oxygen atoms in total. The van der Waals surface area contributed by atoms with Gasteiger partial charge in [0.15, 0.2) is 6.10 Å². The Morgan fingerprint density at radius 1 is 1.20 bits per heavy atom. The van der Waals surface area contributed by atoms with Crippen LogP contribution in [0.15, 0.2) is 47.1 Å². The molecule has 2 N–H and O–H groups in total. The molecule has 0 spiro atoms. The molecule has 0 bridgehead atoms. The van der Waals surface area contributed by atoms with Gasteiger partial charge in [-0.05, 0) is 37.3 Å². The van der Waals surface area contributed by atoms with Gasteiger partial charge in [0.25, 0.3) is 11.8 Å². The number of halogens is 1. The second-order valence-corrected chi connectivity index (χ2v) is 5.12. The Bertz CT molecular complexity index is 745. The van der Waals surface area contributed by atoms with Crippen molar-refractivity contribution in [3.8, 4) is 0 Å². The van der Waals surface area contributed by atoms with Crippen molar-refractivity contribution in [2.45, 2.75) is 19.6 Å². The monoisotopic (exact) mass is 348 g/mol. The van der Waals surface area contributed by atoms with E-state index in [2.05, 4.69) is 10.6 Å². The maximum Gasteiger partial charge on any atom is 0.326 e. The highest BCUT2D eigenvalue weighted by atomic mass is 19.1. The highest BCUT2D eigenvalue weighted by molar-refractivity contribution is 5.96. The number of esters is 1. The molecule has 8 heteroatoms. The molecule has 0 saturated heterocycles. The van der Waals surface area contributed by atoms with Crippen LogP contribution in [0.2, 0.25) is 0 Å². The normalized spacial score (nSPS) is 11.4. The molecule has 132 valence electrons. The third-order valence-electron chi connectivity index (χ3n) is 3.17. The number of benzene rings is 1. The maximum absolute atomic E-state index is 13.0. The van der Waals surface area contributed by atoms with Gasteiger partial charge in [0.1, 0.15) is 18.1 Å². The zero-order valence-electron chi connectivity index (χ0n) is 13.5. The van der Waals surface area contributed by atoms with Crippen LogP contribution in [0.4, 0.5) is 4.39 Å². The minimum atomic E-state index is -1.03. The maximum atomic E-state index is 13.0. The van der Waals surface area contributed by atoms with Crippen LogP contribution in [0.1, 0.15) is 23.0 Å². The van der Waals surface area contributed by atoms with E-state index in [-0.39, 0.29) is 12.1 Å². The number of hydrogen-bond donors (Lipinski definition) is 2. The van der Waals surface area contributed by atoms with Crippen molar-refractivity contribution in [3.63, 3.8) is 0 Å². The second kappa shape index (κ2) is 8.62. The third kappa shape index (κ3) is 5.76. The summed E-state index contributed by atoms with van der Waals surface area (Å²) < 4.78 is 23.0. The molecule has 0 radical (unpaired) electrons. The standard InChI is InChI=1S/C17H17FN2O5/c1-11(16(22)19-9-14-6-3-7-24-14)25-15(21)10-20-17(23)12-4-2-5-13(18)8-12/h2-8,11H,9-10H2,1H3,(H,19,22)(H,20,23)/t11-/m0/s1. The fraction of sp³-hybridized carbons (Fsp3) is 0.235. The van der Waals surface area contributed by atoms with Crippen LogP contribution >= 0.6 is 0 Å². The van der Waals surface area contributed by atoms with E-state index in [9.17, 15) is 18.8 Å². The van der Waals surface area contributed by atoms with E-state index in [0.29, 0.717) is 5.76 Å². The van der Waals surface area contributed by atoms with Gasteiger partial charge in [-0.25, -0.2) is 4.39 Å². The first-order chi connectivity index (χ1) is 12.0. The van der Waals surface area contributed by atoms with Crippen LogP contribution in [0, 0.1) is 5.82 Å². The van der Waals surface area contributed by atoms with Gasteiger partial charge in [0, 0.05) is 5.56 Å². The van der Waals surface area contributed by atoms with Crippen LogP contribution in [0.5, 0.6) is 0 Å². The van der Waals surface area contributed by atoms with E-state index in [0.717, 1.165) is 6.07 Å². The number of rotatable bonds is 7. The Morgan fingerprint density at radius 3 is 2.68 bits per heavy atom. The highest BCUT2D eigenvalue weighted by Gasteiger charge is 2.18. The Labute approximate surface area is 143 Å². The SMILES string of the molecule is C[C@H](OC(=O)CNC(=O)c1cccc(F)c1)C(=O)NCc1ccco1. The molecule has 1 atom stereocenters. The molecule has 0 fully saturated rings. The molecule has 0 aliphatic heterocycles. The second-order valence-electron chi connectivity index (χ2n) is 5.12.